The molecule has 3 rings (SSSR count). The quantitative estimate of drug-likeness (QED) is 0.648. The maximum atomic E-state index is 12.1. The zero-order valence-corrected chi connectivity index (χ0v) is 10.0. The summed E-state index contributed by atoms with van der Waals surface area (Å²) < 4.78 is 0. The Hall–Kier alpha value is -1.11. The summed E-state index contributed by atoms with van der Waals surface area (Å²) in [5.41, 5.74) is 2.85. The van der Waals surface area contributed by atoms with Crippen LogP contribution >= 0.6 is 0 Å². The van der Waals surface area contributed by atoms with Crippen LogP contribution in [0, 0.1) is 5.41 Å². The molecule has 0 amide bonds. The highest BCUT2D eigenvalue weighted by molar-refractivity contribution is 5.89. The number of carbonyl (C=O) groups is 1. The van der Waals surface area contributed by atoms with Crippen LogP contribution in [-0.2, 0) is 16.6 Å². The van der Waals surface area contributed by atoms with E-state index in [2.05, 4.69) is 38.1 Å². The highest BCUT2D eigenvalue weighted by Gasteiger charge is 2.56. The minimum absolute atomic E-state index is 0.0823. The molecule has 1 nitrogen and oxygen atoms in total. The molecule has 0 aromatic heterocycles. The third-order valence-corrected chi connectivity index (χ3v) is 5.19. The lowest BCUT2D eigenvalue weighted by Gasteiger charge is -2.45. The number of aryl methyl sites for hydroxylation is 1. The number of carbonyl (C=O) groups excluding carboxylic acids is 1. The van der Waals surface area contributed by atoms with E-state index in [1.807, 2.05) is 0 Å². The lowest BCUT2D eigenvalue weighted by atomic mass is 9.57. The van der Waals surface area contributed by atoms with Crippen molar-refractivity contribution in [1.29, 1.82) is 0 Å². The number of ketones is 1. The highest BCUT2D eigenvalue weighted by atomic mass is 16.1. The number of fused-ring (bicyclic) bond motifs is 3. The fourth-order valence-corrected chi connectivity index (χ4v) is 3.73. The van der Waals surface area contributed by atoms with E-state index in [-0.39, 0.29) is 10.8 Å². The second-order valence-electron chi connectivity index (χ2n) is 5.74. The maximum Gasteiger partial charge on any atom is 0.139 e. The molecule has 16 heavy (non-hydrogen) atoms. The second kappa shape index (κ2) is 2.97. The fourth-order valence-electron chi connectivity index (χ4n) is 3.73. The van der Waals surface area contributed by atoms with Crippen LogP contribution < -0.4 is 0 Å². The van der Waals surface area contributed by atoms with Crippen molar-refractivity contribution in [3.63, 3.8) is 0 Å². The molecular weight excluding hydrogens is 196 g/mol. The number of hydrogen-bond donors (Lipinski definition) is 0. The molecule has 0 aliphatic heterocycles. The van der Waals surface area contributed by atoms with Crippen LogP contribution in [0.25, 0.3) is 0 Å². The van der Waals surface area contributed by atoms with Gasteiger partial charge >= 0.3 is 0 Å². The van der Waals surface area contributed by atoms with Crippen molar-refractivity contribution in [3.8, 4) is 0 Å². The topological polar surface area (TPSA) is 17.1 Å². The first-order chi connectivity index (χ1) is 7.58. The normalized spacial score (nSPS) is 37.0. The van der Waals surface area contributed by atoms with Crippen LogP contribution in [0.1, 0.15) is 44.2 Å². The summed E-state index contributed by atoms with van der Waals surface area (Å²) in [4.78, 5) is 12.1. The van der Waals surface area contributed by atoms with Crippen molar-refractivity contribution < 1.29 is 4.79 Å². The third-order valence-electron chi connectivity index (χ3n) is 5.19. The van der Waals surface area contributed by atoms with Crippen LogP contribution in [0.3, 0.4) is 0 Å². The van der Waals surface area contributed by atoms with Crippen molar-refractivity contribution in [2.75, 3.05) is 0 Å². The smallest absolute Gasteiger partial charge is 0.139 e. The van der Waals surface area contributed by atoms with Crippen LogP contribution in [0.5, 0.6) is 0 Å². The first-order valence-electron chi connectivity index (χ1n) is 6.20. The van der Waals surface area contributed by atoms with Crippen molar-refractivity contribution in [2.24, 2.45) is 5.41 Å². The van der Waals surface area contributed by atoms with E-state index in [0.717, 1.165) is 25.7 Å². The number of benzene rings is 1. The average molecular weight is 214 g/mol. The van der Waals surface area contributed by atoms with Crippen molar-refractivity contribution in [3.05, 3.63) is 35.4 Å². The molecule has 0 bridgehead atoms. The maximum absolute atomic E-state index is 12.1. The van der Waals surface area contributed by atoms with Gasteiger partial charge in [0.15, 0.2) is 0 Å². The van der Waals surface area contributed by atoms with E-state index < -0.39 is 0 Å². The van der Waals surface area contributed by atoms with Gasteiger partial charge in [0.05, 0.1) is 0 Å². The minimum Gasteiger partial charge on any atom is -0.299 e. The van der Waals surface area contributed by atoms with Crippen LogP contribution in [0.2, 0.25) is 0 Å². The van der Waals surface area contributed by atoms with E-state index in [1.165, 1.54) is 11.1 Å². The Morgan fingerprint density at radius 2 is 1.69 bits per heavy atom. The van der Waals surface area contributed by atoms with Gasteiger partial charge in [-0.25, -0.2) is 0 Å². The Kier molecular flexibility index (Phi) is 1.87. The van der Waals surface area contributed by atoms with Gasteiger partial charge in [-0.15, -0.1) is 0 Å². The second-order valence-corrected chi connectivity index (χ2v) is 5.74. The van der Waals surface area contributed by atoms with Gasteiger partial charge in [-0.3, -0.25) is 4.79 Å². The molecule has 2 unspecified atom stereocenters. The summed E-state index contributed by atoms with van der Waals surface area (Å²) in [6.07, 6.45) is 3.88. The SMILES string of the molecule is CC12CCc3ccccc3C1(C)CCC2=O. The van der Waals surface area contributed by atoms with Gasteiger partial charge < -0.3 is 0 Å². The Morgan fingerprint density at radius 3 is 2.50 bits per heavy atom. The van der Waals surface area contributed by atoms with E-state index in [4.69, 9.17) is 0 Å². The molecule has 2 aliphatic carbocycles. The van der Waals surface area contributed by atoms with Gasteiger partial charge in [0.25, 0.3) is 0 Å². The van der Waals surface area contributed by atoms with Gasteiger partial charge in [0, 0.05) is 17.3 Å². The van der Waals surface area contributed by atoms with Crippen LogP contribution in [0.15, 0.2) is 24.3 Å². The largest absolute Gasteiger partial charge is 0.299 e. The molecular formula is C15H18O. The minimum atomic E-state index is -0.110. The van der Waals surface area contributed by atoms with E-state index in [9.17, 15) is 4.79 Å². The summed E-state index contributed by atoms with van der Waals surface area (Å²) >= 11 is 0. The molecule has 1 fully saturated rings. The summed E-state index contributed by atoms with van der Waals surface area (Å²) in [5, 5.41) is 0. The average Bonchev–Trinajstić information content (AvgIpc) is 2.54. The van der Waals surface area contributed by atoms with Gasteiger partial charge in [-0.2, -0.15) is 0 Å². The number of rotatable bonds is 0. The fraction of sp³-hybridized carbons (Fsp3) is 0.533. The van der Waals surface area contributed by atoms with Crippen LogP contribution in [0.4, 0.5) is 0 Å². The molecule has 2 atom stereocenters. The monoisotopic (exact) mass is 214 g/mol. The van der Waals surface area contributed by atoms with Gasteiger partial charge in [-0.05, 0) is 30.4 Å². The Morgan fingerprint density at radius 1 is 1.00 bits per heavy atom. The van der Waals surface area contributed by atoms with Gasteiger partial charge in [0.1, 0.15) is 5.78 Å². The first-order valence-corrected chi connectivity index (χ1v) is 6.20. The number of Topliss-reactive ketones (excluding diaryl/α,β-unsaturated/α-hetero) is 1. The predicted molar refractivity (Wildman–Crippen MR) is 64.5 cm³/mol. The molecule has 0 radical (unpaired) electrons. The first kappa shape index (κ1) is 10.1. The molecule has 2 aliphatic rings. The van der Waals surface area contributed by atoms with Crippen LogP contribution in [-0.4, -0.2) is 5.78 Å². The zero-order valence-electron chi connectivity index (χ0n) is 10.0. The molecule has 1 heteroatoms. The molecule has 0 N–H and O–H groups in total. The van der Waals surface area contributed by atoms with Crippen molar-refractivity contribution >= 4 is 5.78 Å². The molecule has 0 heterocycles. The molecule has 1 aromatic carbocycles. The molecule has 0 spiro atoms. The number of hydrogen-bond acceptors (Lipinski definition) is 1. The molecule has 0 saturated heterocycles. The van der Waals surface area contributed by atoms with Crippen molar-refractivity contribution in [2.45, 2.75) is 44.9 Å². The van der Waals surface area contributed by atoms with Gasteiger partial charge in [0.2, 0.25) is 0 Å². The van der Waals surface area contributed by atoms with Crippen molar-refractivity contribution in [1.82, 2.24) is 0 Å². The lowest BCUT2D eigenvalue weighted by Crippen LogP contribution is -2.44. The Bertz CT molecular complexity index is 462. The predicted octanol–water partition coefficient (Wildman–Crippen LogP) is 3.26. The van der Waals surface area contributed by atoms with E-state index in [1.54, 1.807) is 0 Å². The zero-order chi connectivity index (χ0) is 11.4. The summed E-state index contributed by atoms with van der Waals surface area (Å²) in [6.45, 7) is 4.47. The molecule has 1 aromatic rings. The summed E-state index contributed by atoms with van der Waals surface area (Å²) in [6, 6.07) is 8.68. The standard InChI is InChI=1S/C15H18O/c1-14-10-8-13(16)15(14,2)9-7-11-5-3-4-6-12(11)14/h3-6H,7-10H2,1-2H3. The Labute approximate surface area is 96.9 Å². The van der Waals surface area contributed by atoms with E-state index >= 15 is 0 Å². The van der Waals surface area contributed by atoms with Gasteiger partial charge in [-0.1, -0.05) is 38.1 Å². The Balaban J connectivity index is 2.23. The molecule has 84 valence electrons. The summed E-state index contributed by atoms with van der Waals surface area (Å²) in [5.74, 6) is 0.476. The van der Waals surface area contributed by atoms with E-state index in [0.29, 0.717) is 5.78 Å². The highest BCUT2D eigenvalue weighted by Crippen LogP contribution is 2.57. The lowest BCUT2D eigenvalue weighted by molar-refractivity contribution is -0.127. The third kappa shape index (κ3) is 0.991. The summed E-state index contributed by atoms with van der Waals surface area (Å²) in [7, 11) is 0. The molecule has 1 saturated carbocycles.